The van der Waals surface area contributed by atoms with Crippen LogP contribution in [-0.4, -0.2) is 31.7 Å². The topological polar surface area (TPSA) is 60.7 Å². The number of Topliss-reactive ketones (excluding diaryl/α,β-unsaturated/α-hetero) is 1. The lowest BCUT2D eigenvalue weighted by Crippen LogP contribution is -2.04. The number of aromatic nitrogens is 4. The maximum Gasteiger partial charge on any atom is 0.209 e. The third-order valence-electron chi connectivity index (χ3n) is 3.23. The molecule has 0 aliphatic rings. The number of hydrogen-bond donors (Lipinski definition) is 0. The predicted molar refractivity (Wildman–Crippen MR) is 85.1 cm³/mol. The van der Waals surface area contributed by atoms with Crippen LogP contribution in [0.15, 0.2) is 29.4 Å². The first-order valence-corrected chi connectivity index (χ1v) is 8.41. The Balaban J connectivity index is 1.80. The van der Waals surface area contributed by atoms with Gasteiger partial charge in [0.25, 0.3) is 0 Å². The molecule has 0 amide bonds. The van der Waals surface area contributed by atoms with Crippen LogP contribution in [0.2, 0.25) is 0 Å². The number of benzene rings is 1. The molecule has 0 saturated carbocycles. The molecule has 0 radical (unpaired) electrons. The van der Waals surface area contributed by atoms with Crippen LogP contribution in [0.25, 0.3) is 10.1 Å². The van der Waals surface area contributed by atoms with E-state index in [0.717, 1.165) is 20.5 Å². The lowest BCUT2D eigenvalue weighted by atomic mass is 10.1. The van der Waals surface area contributed by atoms with Crippen LogP contribution in [0.5, 0.6) is 0 Å². The summed E-state index contributed by atoms with van der Waals surface area (Å²) >= 11 is 2.94. The van der Waals surface area contributed by atoms with Crippen molar-refractivity contribution in [3.63, 3.8) is 0 Å². The van der Waals surface area contributed by atoms with Crippen LogP contribution in [-0.2, 0) is 6.54 Å². The molecule has 3 rings (SSSR count). The second-order valence-corrected chi connectivity index (χ2v) is 6.54. The molecule has 2 heterocycles. The first-order chi connectivity index (χ1) is 10.2. The second kappa shape index (κ2) is 5.95. The molecule has 0 aliphatic carbocycles. The summed E-state index contributed by atoms with van der Waals surface area (Å²) in [6, 6.07) is 8.11. The molecule has 0 unspecified atom stereocenters. The summed E-state index contributed by atoms with van der Waals surface area (Å²) < 4.78 is 2.84. The van der Waals surface area contributed by atoms with Gasteiger partial charge in [-0.25, -0.2) is 4.68 Å². The van der Waals surface area contributed by atoms with Crippen LogP contribution in [0.4, 0.5) is 0 Å². The molecule has 2 aromatic heterocycles. The van der Waals surface area contributed by atoms with Gasteiger partial charge >= 0.3 is 0 Å². The molecule has 0 saturated heterocycles. The molecular weight excluding hydrogens is 304 g/mol. The molecule has 0 N–H and O–H groups in total. The summed E-state index contributed by atoms with van der Waals surface area (Å²) in [5.41, 5.74) is 1.07. The molecule has 3 aromatic rings. The minimum atomic E-state index is 0.129. The minimum absolute atomic E-state index is 0.129. The molecule has 0 bridgehead atoms. The molecule has 108 valence electrons. The van der Waals surface area contributed by atoms with Crippen molar-refractivity contribution in [1.29, 1.82) is 0 Å². The fraction of sp³-hybridized carbons (Fsp3) is 0.286. The van der Waals surface area contributed by atoms with E-state index in [2.05, 4.69) is 27.7 Å². The Morgan fingerprint density at radius 1 is 1.38 bits per heavy atom. The Hall–Kier alpha value is -1.73. The van der Waals surface area contributed by atoms with Gasteiger partial charge in [0.05, 0.1) is 10.6 Å². The molecule has 7 heteroatoms. The van der Waals surface area contributed by atoms with E-state index in [1.165, 1.54) is 11.8 Å². The number of ketones is 1. The highest BCUT2D eigenvalue weighted by Gasteiger charge is 2.16. The predicted octanol–water partition coefficient (Wildman–Crippen LogP) is 3.19. The smallest absolute Gasteiger partial charge is 0.209 e. The minimum Gasteiger partial charge on any atom is -0.292 e. The third kappa shape index (κ3) is 2.71. The number of rotatable bonds is 5. The van der Waals surface area contributed by atoms with E-state index in [1.54, 1.807) is 16.0 Å². The van der Waals surface area contributed by atoms with E-state index in [9.17, 15) is 4.79 Å². The van der Waals surface area contributed by atoms with E-state index in [1.807, 2.05) is 26.0 Å². The number of nitrogens with zero attached hydrogens (tertiary/aromatic N) is 4. The molecule has 0 fully saturated rings. The number of carbonyl (C=O) groups excluding carboxylic acids is 1. The van der Waals surface area contributed by atoms with Crippen LogP contribution in [0.3, 0.4) is 0 Å². The largest absolute Gasteiger partial charge is 0.292 e. The number of hydrogen-bond acceptors (Lipinski definition) is 6. The zero-order valence-electron chi connectivity index (χ0n) is 11.7. The van der Waals surface area contributed by atoms with Gasteiger partial charge in [-0.2, -0.15) is 0 Å². The van der Waals surface area contributed by atoms with Crippen molar-refractivity contribution in [3.8, 4) is 0 Å². The van der Waals surface area contributed by atoms with E-state index >= 15 is 0 Å². The zero-order valence-corrected chi connectivity index (χ0v) is 13.4. The average molecular weight is 318 g/mol. The summed E-state index contributed by atoms with van der Waals surface area (Å²) in [5, 5.41) is 13.3. The standard InChI is InChI=1S/C14H14N4OS2/c1-3-18-14(15-16-17-18)20-8-11(19)13-9(2)10-6-4-5-7-12(10)21-13/h4-7H,3,8H2,1-2H3. The van der Waals surface area contributed by atoms with E-state index in [-0.39, 0.29) is 5.78 Å². The first kappa shape index (κ1) is 14.2. The molecule has 0 aliphatic heterocycles. The highest BCUT2D eigenvalue weighted by molar-refractivity contribution is 7.99. The van der Waals surface area contributed by atoms with Gasteiger partial charge in [0, 0.05) is 11.2 Å². The fourth-order valence-electron chi connectivity index (χ4n) is 2.13. The van der Waals surface area contributed by atoms with Gasteiger partial charge in [0.2, 0.25) is 5.16 Å². The van der Waals surface area contributed by atoms with Crippen LogP contribution >= 0.6 is 23.1 Å². The first-order valence-electron chi connectivity index (χ1n) is 6.61. The quantitative estimate of drug-likeness (QED) is 0.534. The molecule has 0 atom stereocenters. The average Bonchev–Trinajstić information content (AvgIpc) is 3.09. The van der Waals surface area contributed by atoms with Gasteiger partial charge in [0.15, 0.2) is 5.78 Å². The van der Waals surface area contributed by atoms with Crippen molar-refractivity contribution < 1.29 is 4.79 Å². The summed E-state index contributed by atoms with van der Waals surface area (Å²) in [6.07, 6.45) is 0. The SMILES string of the molecule is CCn1nnnc1SCC(=O)c1sc2ccccc2c1C. The highest BCUT2D eigenvalue weighted by Crippen LogP contribution is 2.31. The normalized spacial score (nSPS) is 11.1. The fourth-order valence-corrected chi connectivity index (χ4v) is 4.19. The molecule has 5 nitrogen and oxygen atoms in total. The molecule has 21 heavy (non-hydrogen) atoms. The maximum absolute atomic E-state index is 12.4. The Morgan fingerprint density at radius 3 is 2.95 bits per heavy atom. The van der Waals surface area contributed by atoms with E-state index < -0.39 is 0 Å². The maximum atomic E-state index is 12.4. The summed E-state index contributed by atoms with van der Waals surface area (Å²) in [7, 11) is 0. The number of thioether (sulfide) groups is 1. The summed E-state index contributed by atoms with van der Waals surface area (Å²) in [6.45, 7) is 4.68. The molecule has 1 aromatic carbocycles. The third-order valence-corrected chi connectivity index (χ3v) is 5.50. The number of carbonyl (C=O) groups is 1. The number of thiophene rings is 1. The van der Waals surface area contributed by atoms with Crippen LogP contribution in [0.1, 0.15) is 22.2 Å². The Labute approximate surface area is 130 Å². The summed E-state index contributed by atoms with van der Waals surface area (Å²) in [5.74, 6) is 0.484. The van der Waals surface area contributed by atoms with Crippen LogP contribution < -0.4 is 0 Å². The van der Waals surface area contributed by atoms with Gasteiger partial charge in [-0.1, -0.05) is 30.0 Å². The molecule has 0 spiro atoms. The van der Waals surface area contributed by atoms with Gasteiger partial charge < -0.3 is 0 Å². The zero-order chi connectivity index (χ0) is 14.8. The molecular formula is C14H14N4OS2. The van der Waals surface area contributed by atoms with E-state index in [0.29, 0.717) is 17.5 Å². The van der Waals surface area contributed by atoms with Crippen molar-refractivity contribution in [2.75, 3.05) is 5.75 Å². The Bertz CT molecular complexity index is 793. The Morgan fingerprint density at radius 2 is 2.19 bits per heavy atom. The lowest BCUT2D eigenvalue weighted by Gasteiger charge is -2.00. The van der Waals surface area contributed by atoms with Gasteiger partial charge in [-0.15, -0.1) is 16.4 Å². The van der Waals surface area contributed by atoms with Crippen molar-refractivity contribution in [2.45, 2.75) is 25.5 Å². The monoisotopic (exact) mass is 318 g/mol. The van der Waals surface area contributed by atoms with Gasteiger partial charge in [-0.05, 0) is 41.3 Å². The van der Waals surface area contributed by atoms with Gasteiger partial charge in [0.1, 0.15) is 0 Å². The number of fused-ring (bicyclic) bond motifs is 1. The van der Waals surface area contributed by atoms with Crippen molar-refractivity contribution in [2.24, 2.45) is 0 Å². The lowest BCUT2D eigenvalue weighted by molar-refractivity contribution is 0.102. The van der Waals surface area contributed by atoms with Crippen molar-refractivity contribution in [3.05, 3.63) is 34.7 Å². The highest BCUT2D eigenvalue weighted by atomic mass is 32.2. The van der Waals surface area contributed by atoms with Gasteiger partial charge in [-0.3, -0.25) is 4.79 Å². The van der Waals surface area contributed by atoms with Crippen molar-refractivity contribution in [1.82, 2.24) is 20.2 Å². The number of tetrazole rings is 1. The number of aryl methyl sites for hydroxylation is 2. The second-order valence-electron chi connectivity index (χ2n) is 4.54. The Kier molecular flexibility index (Phi) is 4.03. The van der Waals surface area contributed by atoms with Crippen LogP contribution in [0, 0.1) is 6.92 Å². The van der Waals surface area contributed by atoms with Crippen molar-refractivity contribution >= 4 is 39.0 Å². The van der Waals surface area contributed by atoms with E-state index in [4.69, 9.17) is 0 Å². The summed E-state index contributed by atoms with van der Waals surface area (Å²) in [4.78, 5) is 13.3.